The van der Waals surface area contributed by atoms with Crippen molar-refractivity contribution in [1.82, 2.24) is 10.3 Å². The minimum Gasteiger partial charge on any atom is -0.369 e. The average molecular weight is 296 g/mol. The first-order valence-corrected chi connectivity index (χ1v) is 6.84. The Balaban J connectivity index is 2.22. The van der Waals surface area contributed by atoms with Gasteiger partial charge in [0.15, 0.2) is 0 Å². The molecule has 1 aliphatic heterocycles. The summed E-state index contributed by atoms with van der Waals surface area (Å²) < 4.78 is 0.910. The van der Waals surface area contributed by atoms with Gasteiger partial charge in [0.25, 0.3) is 0 Å². The van der Waals surface area contributed by atoms with Gasteiger partial charge in [-0.25, -0.2) is 4.98 Å². The molecule has 1 fully saturated rings. The van der Waals surface area contributed by atoms with Crippen molar-refractivity contribution in [3.05, 3.63) is 28.5 Å². The number of allylic oxidation sites excluding steroid dienone is 1. The molecule has 0 aliphatic carbocycles. The molecule has 3 nitrogen and oxygen atoms in total. The van der Waals surface area contributed by atoms with Gasteiger partial charge < -0.3 is 10.2 Å². The second-order valence-corrected chi connectivity index (χ2v) is 4.92. The summed E-state index contributed by atoms with van der Waals surface area (Å²) in [5.74, 6) is 0. The molecule has 2 heterocycles. The van der Waals surface area contributed by atoms with Gasteiger partial charge >= 0.3 is 0 Å². The Morgan fingerprint density at radius 2 is 2.29 bits per heavy atom. The Hall–Kier alpha value is -0.870. The van der Waals surface area contributed by atoms with Crippen LogP contribution in [0.4, 0.5) is 5.69 Å². The van der Waals surface area contributed by atoms with Gasteiger partial charge in [0.05, 0.1) is 11.9 Å². The van der Waals surface area contributed by atoms with Crippen molar-refractivity contribution >= 4 is 27.7 Å². The minimum absolute atomic E-state index is 0.910. The molecule has 1 N–H and O–H groups in total. The van der Waals surface area contributed by atoms with Crippen molar-refractivity contribution < 1.29 is 0 Å². The molecule has 0 bridgehead atoms. The predicted molar refractivity (Wildman–Crippen MR) is 76.3 cm³/mol. The molecule has 0 amide bonds. The third-order valence-corrected chi connectivity index (χ3v) is 3.57. The normalized spacial score (nSPS) is 17.4. The Kier molecular flexibility index (Phi) is 4.57. The maximum atomic E-state index is 4.41. The van der Waals surface area contributed by atoms with Crippen LogP contribution >= 0.6 is 15.9 Å². The lowest BCUT2D eigenvalue weighted by Crippen LogP contribution is -2.27. The van der Waals surface area contributed by atoms with Crippen molar-refractivity contribution in [2.24, 2.45) is 0 Å². The zero-order valence-corrected chi connectivity index (χ0v) is 11.7. The second kappa shape index (κ2) is 6.17. The highest BCUT2D eigenvalue weighted by Gasteiger charge is 2.10. The zero-order valence-electron chi connectivity index (χ0n) is 10.1. The fraction of sp³-hybridized carbons (Fsp3) is 0.462. The smallest absolute Gasteiger partial charge is 0.113 e. The van der Waals surface area contributed by atoms with Crippen molar-refractivity contribution in [3.63, 3.8) is 0 Å². The van der Waals surface area contributed by atoms with E-state index in [1.54, 1.807) is 0 Å². The Morgan fingerprint density at radius 3 is 3.12 bits per heavy atom. The monoisotopic (exact) mass is 295 g/mol. The lowest BCUT2D eigenvalue weighted by molar-refractivity contribution is 0.724. The second-order valence-electron chi connectivity index (χ2n) is 4.16. The molecular formula is C13H18BrN3. The third-order valence-electron chi connectivity index (χ3n) is 2.90. The predicted octanol–water partition coefficient (Wildman–Crippen LogP) is 2.68. The molecule has 0 atom stereocenters. The SMILES string of the molecule is C/C=C\c1cc(N2CCCNCC2)cnc1Br. The van der Waals surface area contributed by atoms with Crippen LogP contribution in [-0.2, 0) is 0 Å². The lowest BCUT2D eigenvalue weighted by atomic mass is 10.2. The van der Waals surface area contributed by atoms with Gasteiger partial charge in [-0.05, 0) is 41.9 Å². The Labute approximate surface area is 111 Å². The van der Waals surface area contributed by atoms with Crippen LogP contribution in [0.1, 0.15) is 18.9 Å². The van der Waals surface area contributed by atoms with Crippen molar-refractivity contribution in [3.8, 4) is 0 Å². The van der Waals surface area contributed by atoms with E-state index in [0.717, 1.165) is 36.3 Å². The van der Waals surface area contributed by atoms with Crippen LogP contribution < -0.4 is 10.2 Å². The van der Waals surface area contributed by atoms with Gasteiger partial charge in [-0.2, -0.15) is 0 Å². The average Bonchev–Trinajstić information content (AvgIpc) is 2.61. The number of rotatable bonds is 2. The van der Waals surface area contributed by atoms with Gasteiger partial charge in [0.1, 0.15) is 4.60 Å². The molecule has 92 valence electrons. The molecule has 0 saturated carbocycles. The van der Waals surface area contributed by atoms with Crippen LogP contribution in [0.25, 0.3) is 6.08 Å². The minimum atomic E-state index is 0.910. The van der Waals surface area contributed by atoms with E-state index in [4.69, 9.17) is 0 Å². The molecule has 0 aromatic carbocycles. The maximum absolute atomic E-state index is 4.41. The van der Waals surface area contributed by atoms with Crippen LogP contribution in [0.3, 0.4) is 0 Å². The molecule has 4 heteroatoms. The highest BCUT2D eigenvalue weighted by molar-refractivity contribution is 9.10. The molecule has 1 saturated heterocycles. The number of nitrogens with zero attached hydrogens (tertiary/aromatic N) is 2. The van der Waals surface area contributed by atoms with Gasteiger partial charge in [-0.1, -0.05) is 12.2 Å². The van der Waals surface area contributed by atoms with E-state index in [1.807, 2.05) is 19.2 Å². The highest BCUT2D eigenvalue weighted by Crippen LogP contribution is 2.22. The molecule has 0 unspecified atom stereocenters. The summed E-state index contributed by atoms with van der Waals surface area (Å²) in [6, 6.07) is 2.20. The van der Waals surface area contributed by atoms with Crippen LogP contribution in [0, 0.1) is 0 Å². The largest absolute Gasteiger partial charge is 0.369 e. The molecule has 1 aromatic heterocycles. The number of nitrogens with one attached hydrogen (secondary N) is 1. The van der Waals surface area contributed by atoms with E-state index in [1.165, 1.54) is 12.1 Å². The molecule has 2 rings (SSSR count). The fourth-order valence-electron chi connectivity index (χ4n) is 2.03. The van der Waals surface area contributed by atoms with Crippen LogP contribution in [0.2, 0.25) is 0 Å². The first-order valence-electron chi connectivity index (χ1n) is 6.05. The van der Waals surface area contributed by atoms with E-state index in [9.17, 15) is 0 Å². The standard InChI is InChI=1S/C13H18BrN3/c1-2-4-11-9-12(10-16-13(11)14)17-7-3-5-15-6-8-17/h2,4,9-10,15H,3,5-8H2,1H3/b4-2-. The van der Waals surface area contributed by atoms with E-state index in [0.29, 0.717) is 0 Å². The topological polar surface area (TPSA) is 28.2 Å². The Morgan fingerprint density at radius 1 is 1.41 bits per heavy atom. The number of anilines is 1. The van der Waals surface area contributed by atoms with Crippen LogP contribution in [-0.4, -0.2) is 31.2 Å². The van der Waals surface area contributed by atoms with Crippen LogP contribution in [0.5, 0.6) is 0 Å². The molecule has 17 heavy (non-hydrogen) atoms. The summed E-state index contributed by atoms with van der Waals surface area (Å²) in [6.45, 7) is 6.34. The van der Waals surface area contributed by atoms with E-state index >= 15 is 0 Å². The summed E-state index contributed by atoms with van der Waals surface area (Å²) in [7, 11) is 0. The number of pyridine rings is 1. The zero-order chi connectivity index (χ0) is 12.1. The van der Waals surface area contributed by atoms with E-state index < -0.39 is 0 Å². The highest BCUT2D eigenvalue weighted by atomic mass is 79.9. The number of halogens is 1. The quantitative estimate of drug-likeness (QED) is 0.851. The molecule has 0 spiro atoms. The lowest BCUT2D eigenvalue weighted by Gasteiger charge is -2.22. The number of hydrogen-bond donors (Lipinski definition) is 1. The fourth-order valence-corrected chi connectivity index (χ4v) is 2.38. The number of aromatic nitrogens is 1. The van der Waals surface area contributed by atoms with Crippen molar-refractivity contribution in [2.75, 3.05) is 31.1 Å². The Bertz CT molecular complexity index is 396. The van der Waals surface area contributed by atoms with Crippen LogP contribution in [0.15, 0.2) is 22.9 Å². The molecule has 1 aliphatic rings. The van der Waals surface area contributed by atoms with Crippen molar-refractivity contribution in [2.45, 2.75) is 13.3 Å². The van der Waals surface area contributed by atoms with E-state index in [-0.39, 0.29) is 0 Å². The van der Waals surface area contributed by atoms with Gasteiger partial charge in [0, 0.05) is 25.2 Å². The number of hydrogen-bond acceptors (Lipinski definition) is 3. The van der Waals surface area contributed by atoms with Gasteiger partial charge in [0.2, 0.25) is 0 Å². The van der Waals surface area contributed by atoms with Gasteiger partial charge in [-0.15, -0.1) is 0 Å². The van der Waals surface area contributed by atoms with Gasteiger partial charge in [-0.3, -0.25) is 0 Å². The summed E-state index contributed by atoms with van der Waals surface area (Å²) in [5.41, 5.74) is 2.35. The summed E-state index contributed by atoms with van der Waals surface area (Å²) in [5, 5.41) is 3.41. The summed E-state index contributed by atoms with van der Waals surface area (Å²) in [6.07, 6.45) is 7.25. The third kappa shape index (κ3) is 3.30. The first kappa shape index (κ1) is 12.6. The summed E-state index contributed by atoms with van der Waals surface area (Å²) >= 11 is 3.48. The first-order chi connectivity index (χ1) is 8.31. The maximum Gasteiger partial charge on any atom is 0.113 e. The molecular weight excluding hydrogens is 278 g/mol. The van der Waals surface area contributed by atoms with E-state index in [2.05, 4.69) is 43.3 Å². The van der Waals surface area contributed by atoms with Crippen molar-refractivity contribution in [1.29, 1.82) is 0 Å². The summed E-state index contributed by atoms with van der Waals surface area (Å²) in [4.78, 5) is 6.80. The molecule has 0 radical (unpaired) electrons. The molecule has 1 aromatic rings.